The van der Waals surface area contributed by atoms with Crippen molar-refractivity contribution < 1.29 is 28.6 Å². The van der Waals surface area contributed by atoms with Gasteiger partial charge in [-0.25, -0.2) is 14.0 Å². The lowest BCUT2D eigenvalue weighted by Crippen LogP contribution is -2.40. The van der Waals surface area contributed by atoms with Crippen molar-refractivity contribution >= 4 is 29.6 Å². The average molecular weight is 423 g/mol. The average Bonchev–Trinajstić information content (AvgIpc) is 2.58. The van der Waals surface area contributed by atoms with Gasteiger partial charge in [-0.1, -0.05) is 17.7 Å². The molecule has 0 radical (unpaired) electrons. The third-order valence-electron chi connectivity index (χ3n) is 3.20. The lowest BCUT2D eigenvalue weighted by molar-refractivity contribution is 0.0580. The lowest BCUT2D eigenvalue weighted by Gasteiger charge is -2.23. The monoisotopic (exact) mass is 422 g/mol. The van der Waals surface area contributed by atoms with Crippen LogP contribution < -0.4 is 9.64 Å². The minimum Gasteiger partial charge on any atom is -0.464 e. The van der Waals surface area contributed by atoms with Gasteiger partial charge in [0.15, 0.2) is 5.82 Å². The molecule has 0 saturated carbocycles. The summed E-state index contributed by atoms with van der Waals surface area (Å²) in [5.41, 5.74) is -0.702. The number of hydrogen-bond donors (Lipinski definition) is 1. The van der Waals surface area contributed by atoms with Crippen LogP contribution in [0.1, 0.15) is 31.9 Å². The van der Waals surface area contributed by atoms with Crippen molar-refractivity contribution in [2.24, 2.45) is 0 Å². The number of carbonyl (C=O) groups is 2. The summed E-state index contributed by atoms with van der Waals surface area (Å²) in [6, 6.07) is 6.25. The Bertz CT molecular complexity index is 987. The highest BCUT2D eigenvalue weighted by Gasteiger charge is 2.30. The molecule has 0 atom stereocenters. The Morgan fingerprint density at radius 2 is 2.00 bits per heavy atom. The molecule has 1 heterocycles. The second kappa shape index (κ2) is 8.70. The van der Waals surface area contributed by atoms with Crippen LogP contribution in [0, 0.1) is 17.1 Å². The first-order chi connectivity index (χ1) is 13.5. The number of amides is 2. The summed E-state index contributed by atoms with van der Waals surface area (Å²) < 4.78 is 24.3. The van der Waals surface area contributed by atoms with Crippen molar-refractivity contribution in [2.45, 2.75) is 33.0 Å². The number of carbonyl (C=O) groups excluding carboxylic acids is 1. The van der Waals surface area contributed by atoms with E-state index < -0.39 is 29.4 Å². The molecule has 0 unspecified atom stereocenters. The van der Waals surface area contributed by atoms with Crippen LogP contribution >= 0.6 is 11.6 Å². The Kier molecular flexibility index (Phi) is 6.56. The molecule has 1 aromatic heterocycles. The summed E-state index contributed by atoms with van der Waals surface area (Å²) in [5, 5.41) is 17.9. The van der Waals surface area contributed by atoms with Crippen LogP contribution in [0.4, 0.5) is 19.8 Å². The van der Waals surface area contributed by atoms with E-state index in [1.165, 1.54) is 12.1 Å². The third-order valence-corrected chi connectivity index (χ3v) is 3.39. The maximum Gasteiger partial charge on any atom is 0.425 e. The number of carboxylic acid groups (broad SMARTS) is 1. The maximum atomic E-state index is 14.0. The van der Waals surface area contributed by atoms with Gasteiger partial charge in [0.05, 0.1) is 11.6 Å². The number of halogens is 2. The number of nitrogens with zero attached hydrogens (tertiary/aromatic N) is 4. The van der Waals surface area contributed by atoms with Crippen LogP contribution in [0.3, 0.4) is 0 Å². The highest BCUT2D eigenvalue weighted by Crippen LogP contribution is 2.23. The highest BCUT2D eigenvalue weighted by molar-refractivity contribution is 6.29. The molecule has 9 nitrogen and oxygen atoms in total. The molecule has 1 aromatic carbocycles. The second-order valence-corrected chi connectivity index (χ2v) is 7.02. The van der Waals surface area contributed by atoms with Crippen molar-refractivity contribution in [1.29, 1.82) is 5.26 Å². The van der Waals surface area contributed by atoms with Gasteiger partial charge in [0, 0.05) is 11.6 Å². The van der Waals surface area contributed by atoms with Gasteiger partial charge in [0.25, 0.3) is 0 Å². The van der Waals surface area contributed by atoms with Gasteiger partial charge in [0.2, 0.25) is 0 Å². The molecule has 2 amide bonds. The van der Waals surface area contributed by atoms with Crippen molar-refractivity contribution in [1.82, 2.24) is 9.97 Å². The van der Waals surface area contributed by atoms with Crippen LogP contribution in [0.25, 0.3) is 0 Å². The number of ether oxygens (including phenoxy) is 2. The number of benzene rings is 1. The van der Waals surface area contributed by atoms with Crippen LogP contribution in [0.2, 0.25) is 5.15 Å². The maximum absolute atomic E-state index is 14.0. The quantitative estimate of drug-likeness (QED) is 0.728. The molecule has 0 spiro atoms. The zero-order valence-corrected chi connectivity index (χ0v) is 16.4. The first kappa shape index (κ1) is 21.8. The minimum absolute atomic E-state index is 0.108. The summed E-state index contributed by atoms with van der Waals surface area (Å²) in [6.07, 6.45) is -2.85. The largest absolute Gasteiger partial charge is 0.464 e. The fourth-order valence-electron chi connectivity index (χ4n) is 2.02. The Morgan fingerprint density at radius 1 is 1.31 bits per heavy atom. The molecule has 2 aromatic rings. The van der Waals surface area contributed by atoms with Crippen LogP contribution in [-0.2, 0) is 11.3 Å². The van der Waals surface area contributed by atoms with Crippen LogP contribution in [0.5, 0.6) is 6.01 Å². The Labute approximate surface area is 170 Å². The summed E-state index contributed by atoms with van der Waals surface area (Å²) in [6.45, 7) is 4.38. The second-order valence-electron chi connectivity index (χ2n) is 6.64. The standard InChI is InChI=1S/C18H16ClFN4O5/c1-18(2,3)29-17(27)24(16(25)26)14-7-13(19)22-15(23-14)28-9-11-5-4-10(8-21)6-12(11)20/h4-7H,9H2,1-3H3,(H,25,26). The van der Waals surface area contributed by atoms with Gasteiger partial charge >= 0.3 is 18.2 Å². The molecular weight excluding hydrogens is 407 g/mol. The molecule has 0 bridgehead atoms. The van der Waals surface area contributed by atoms with E-state index in [2.05, 4.69) is 9.97 Å². The van der Waals surface area contributed by atoms with Gasteiger partial charge in [-0.2, -0.15) is 20.1 Å². The van der Waals surface area contributed by atoms with Gasteiger partial charge in [0.1, 0.15) is 23.2 Å². The van der Waals surface area contributed by atoms with Crippen molar-refractivity contribution in [3.05, 3.63) is 46.4 Å². The topological polar surface area (TPSA) is 126 Å². The normalized spacial score (nSPS) is 10.8. The Morgan fingerprint density at radius 3 is 2.55 bits per heavy atom. The zero-order chi connectivity index (χ0) is 21.8. The highest BCUT2D eigenvalue weighted by atomic mass is 35.5. The molecule has 0 aliphatic rings. The predicted octanol–water partition coefficient (Wildman–Crippen LogP) is 4.14. The molecule has 0 fully saturated rings. The van der Waals surface area contributed by atoms with E-state index in [0.717, 1.165) is 12.1 Å². The third kappa shape index (κ3) is 6.02. The molecule has 1 N–H and O–H groups in total. The predicted molar refractivity (Wildman–Crippen MR) is 99.2 cm³/mol. The van der Waals surface area contributed by atoms with Gasteiger partial charge < -0.3 is 14.6 Å². The summed E-state index contributed by atoms with van der Waals surface area (Å²) >= 11 is 5.88. The number of anilines is 1. The van der Waals surface area contributed by atoms with E-state index in [-0.39, 0.29) is 33.8 Å². The van der Waals surface area contributed by atoms with Gasteiger partial charge in [-0.3, -0.25) is 0 Å². The van der Waals surface area contributed by atoms with E-state index in [1.807, 2.05) is 0 Å². The minimum atomic E-state index is -1.65. The zero-order valence-electron chi connectivity index (χ0n) is 15.6. The molecule has 29 heavy (non-hydrogen) atoms. The molecule has 152 valence electrons. The van der Waals surface area contributed by atoms with Crippen molar-refractivity contribution in [2.75, 3.05) is 4.90 Å². The Balaban J connectivity index is 2.27. The number of nitriles is 1. The number of aromatic nitrogens is 2. The first-order valence-electron chi connectivity index (χ1n) is 8.12. The van der Waals surface area contributed by atoms with E-state index in [0.29, 0.717) is 0 Å². The lowest BCUT2D eigenvalue weighted by atomic mass is 10.1. The summed E-state index contributed by atoms with van der Waals surface area (Å²) in [5.74, 6) is -1.07. The van der Waals surface area contributed by atoms with Crippen LogP contribution in [-0.4, -0.2) is 32.9 Å². The van der Waals surface area contributed by atoms with Crippen molar-refractivity contribution in [3.63, 3.8) is 0 Å². The first-order valence-corrected chi connectivity index (χ1v) is 8.50. The molecular formula is C18H16ClFN4O5. The Hall–Kier alpha value is -3.45. The summed E-state index contributed by atoms with van der Waals surface area (Å²) in [4.78, 5) is 31.6. The summed E-state index contributed by atoms with van der Waals surface area (Å²) in [7, 11) is 0. The number of imide groups is 1. The van der Waals surface area contributed by atoms with E-state index in [1.54, 1.807) is 26.8 Å². The van der Waals surface area contributed by atoms with Crippen molar-refractivity contribution in [3.8, 4) is 12.1 Å². The van der Waals surface area contributed by atoms with E-state index in [4.69, 9.17) is 26.3 Å². The van der Waals surface area contributed by atoms with Crippen LogP contribution in [0.15, 0.2) is 24.3 Å². The fourth-order valence-corrected chi connectivity index (χ4v) is 2.19. The molecule has 0 aliphatic carbocycles. The molecule has 0 aliphatic heterocycles. The SMILES string of the molecule is CC(C)(C)OC(=O)N(C(=O)O)c1cc(Cl)nc(OCc2ccc(C#N)cc2F)n1. The number of hydrogen-bond acceptors (Lipinski definition) is 7. The van der Waals surface area contributed by atoms with E-state index >= 15 is 0 Å². The van der Waals surface area contributed by atoms with Gasteiger partial charge in [-0.15, -0.1) is 0 Å². The molecule has 11 heteroatoms. The smallest absolute Gasteiger partial charge is 0.425 e. The fraction of sp³-hybridized carbons (Fsp3) is 0.278. The molecule has 2 rings (SSSR count). The van der Waals surface area contributed by atoms with E-state index in [9.17, 15) is 19.1 Å². The molecule has 0 saturated heterocycles. The van der Waals surface area contributed by atoms with Gasteiger partial charge in [-0.05, 0) is 32.9 Å². The number of rotatable bonds is 4.